The average Bonchev–Trinajstić information content (AvgIpc) is 1.99. The molecule has 3 N–H and O–H groups in total. The van der Waals surface area contributed by atoms with Crippen LogP contribution in [0.5, 0.6) is 0 Å². The van der Waals surface area contributed by atoms with Gasteiger partial charge in [-0.05, 0) is 6.08 Å². The van der Waals surface area contributed by atoms with E-state index in [1.54, 1.807) is 0 Å². The zero-order valence-electron chi connectivity index (χ0n) is 6.44. The summed E-state index contributed by atoms with van der Waals surface area (Å²) < 4.78 is 25.4. The smallest absolute Gasteiger partial charge is 0.331 e. The Morgan fingerprint density at radius 3 is 2.46 bits per heavy atom. The minimum atomic E-state index is -3.68. The van der Waals surface area contributed by atoms with Crippen molar-refractivity contribution in [3.05, 3.63) is 11.6 Å². The lowest BCUT2D eigenvalue weighted by Gasteiger charge is -2.28. The number of carbonyl (C=O) groups is 1. The fourth-order valence-corrected chi connectivity index (χ4v) is 1.12. The molecule has 0 saturated heterocycles. The van der Waals surface area contributed by atoms with Gasteiger partial charge in [0.15, 0.2) is 0 Å². The average molecular weight is 194 g/mol. The maximum atomic E-state index is 12.7. The van der Waals surface area contributed by atoms with Crippen molar-refractivity contribution < 1.29 is 28.9 Å². The van der Waals surface area contributed by atoms with Crippen molar-refractivity contribution in [2.45, 2.75) is 24.6 Å². The van der Waals surface area contributed by atoms with Gasteiger partial charge in [0.1, 0.15) is 6.10 Å². The summed E-state index contributed by atoms with van der Waals surface area (Å²) >= 11 is 0. The van der Waals surface area contributed by atoms with Gasteiger partial charge in [-0.25, -0.2) is 4.79 Å². The molecule has 0 aromatic carbocycles. The summed E-state index contributed by atoms with van der Waals surface area (Å²) in [5, 5.41) is 26.0. The largest absolute Gasteiger partial charge is 0.478 e. The van der Waals surface area contributed by atoms with Gasteiger partial charge < -0.3 is 15.3 Å². The second-order valence-electron chi connectivity index (χ2n) is 2.87. The second-order valence-corrected chi connectivity index (χ2v) is 2.87. The first-order valence-corrected chi connectivity index (χ1v) is 3.53. The van der Waals surface area contributed by atoms with E-state index in [-0.39, 0.29) is 6.08 Å². The second kappa shape index (κ2) is 3.04. The molecule has 0 saturated carbocycles. The third-order valence-electron chi connectivity index (χ3n) is 1.83. The lowest BCUT2D eigenvalue weighted by molar-refractivity contribution is -0.142. The Kier molecular flexibility index (Phi) is 2.36. The minimum absolute atomic E-state index is 0.173. The first-order valence-electron chi connectivity index (χ1n) is 3.53. The summed E-state index contributed by atoms with van der Waals surface area (Å²) in [4.78, 5) is 10.3. The number of hydrogen-bond donors (Lipinski definition) is 3. The fourth-order valence-electron chi connectivity index (χ4n) is 1.12. The van der Waals surface area contributed by atoms with Crippen molar-refractivity contribution in [3.63, 3.8) is 0 Å². The van der Waals surface area contributed by atoms with Crippen LogP contribution < -0.4 is 0 Å². The zero-order valence-corrected chi connectivity index (χ0v) is 6.44. The summed E-state index contributed by atoms with van der Waals surface area (Å²) in [5.74, 6) is -5.18. The molecule has 0 amide bonds. The number of alkyl halides is 2. The van der Waals surface area contributed by atoms with E-state index in [4.69, 9.17) is 15.3 Å². The van der Waals surface area contributed by atoms with Gasteiger partial charge >= 0.3 is 5.97 Å². The van der Waals surface area contributed by atoms with Gasteiger partial charge in [0.25, 0.3) is 5.92 Å². The molecule has 0 fully saturated rings. The molecular weight excluding hydrogens is 186 g/mol. The molecule has 74 valence electrons. The number of aliphatic hydroxyl groups is 2. The van der Waals surface area contributed by atoms with Gasteiger partial charge in [-0.1, -0.05) is 0 Å². The van der Waals surface area contributed by atoms with E-state index in [0.29, 0.717) is 0 Å². The van der Waals surface area contributed by atoms with Gasteiger partial charge in [0.05, 0.1) is 6.10 Å². The van der Waals surface area contributed by atoms with Crippen LogP contribution in [0.15, 0.2) is 11.6 Å². The molecule has 0 spiro atoms. The van der Waals surface area contributed by atoms with E-state index in [1.807, 2.05) is 0 Å². The third-order valence-corrected chi connectivity index (χ3v) is 1.83. The molecule has 1 aliphatic rings. The Hall–Kier alpha value is -1.01. The molecule has 0 heterocycles. The molecule has 0 unspecified atom stereocenters. The Balaban J connectivity index is 2.99. The number of carboxylic acids is 1. The van der Waals surface area contributed by atoms with Crippen LogP contribution in [0, 0.1) is 0 Å². The number of carboxylic acid groups (broad SMARTS) is 1. The van der Waals surface area contributed by atoms with Crippen molar-refractivity contribution in [2.24, 2.45) is 0 Å². The first-order chi connectivity index (χ1) is 5.84. The van der Waals surface area contributed by atoms with Crippen molar-refractivity contribution in [3.8, 4) is 0 Å². The number of hydrogen-bond acceptors (Lipinski definition) is 3. The molecule has 0 radical (unpaired) electrons. The summed E-state index contributed by atoms with van der Waals surface area (Å²) in [7, 11) is 0. The highest BCUT2D eigenvalue weighted by Gasteiger charge is 2.45. The molecule has 0 bridgehead atoms. The predicted octanol–water partition coefficient (Wildman–Crippen LogP) is -0.242. The van der Waals surface area contributed by atoms with Gasteiger partial charge in [-0.3, -0.25) is 0 Å². The third kappa shape index (κ3) is 1.84. The van der Waals surface area contributed by atoms with Crippen LogP contribution in [-0.2, 0) is 4.79 Å². The van der Waals surface area contributed by atoms with Crippen LogP contribution >= 0.6 is 0 Å². The highest BCUT2D eigenvalue weighted by molar-refractivity contribution is 5.87. The van der Waals surface area contributed by atoms with Crippen molar-refractivity contribution in [2.75, 3.05) is 0 Å². The molecule has 1 rings (SSSR count). The normalized spacial score (nSPS) is 32.5. The van der Waals surface area contributed by atoms with E-state index >= 15 is 0 Å². The predicted molar refractivity (Wildman–Crippen MR) is 37.3 cm³/mol. The molecule has 2 atom stereocenters. The van der Waals surface area contributed by atoms with Gasteiger partial charge in [-0.15, -0.1) is 0 Å². The van der Waals surface area contributed by atoms with Gasteiger partial charge in [0, 0.05) is 12.0 Å². The standard InChI is InChI=1S/C7H8F2O4/c8-7(9)2-3(6(12)13)1-4(10)5(7)11/h2,4-5,10-11H,1H2,(H,12,13)/t4-,5+/m1/s1. The van der Waals surface area contributed by atoms with Crippen LogP contribution in [0.25, 0.3) is 0 Å². The highest BCUT2D eigenvalue weighted by Crippen LogP contribution is 2.31. The summed E-state index contributed by atoms with van der Waals surface area (Å²) in [6, 6.07) is 0. The molecule has 0 aliphatic heterocycles. The van der Waals surface area contributed by atoms with E-state index in [1.165, 1.54) is 0 Å². The summed E-state index contributed by atoms with van der Waals surface area (Å²) in [6.45, 7) is 0. The molecule has 4 nitrogen and oxygen atoms in total. The van der Waals surface area contributed by atoms with E-state index < -0.39 is 36.1 Å². The Bertz CT molecular complexity index is 261. The monoisotopic (exact) mass is 194 g/mol. The van der Waals surface area contributed by atoms with E-state index in [2.05, 4.69) is 0 Å². The first kappa shape index (κ1) is 10.1. The van der Waals surface area contributed by atoms with Crippen LogP contribution in [0.2, 0.25) is 0 Å². The van der Waals surface area contributed by atoms with Crippen LogP contribution in [-0.4, -0.2) is 39.4 Å². The fraction of sp³-hybridized carbons (Fsp3) is 0.571. The topological polar surface area (TPSA) is 77.8 Å². The molecule has 0 aromatic rings. The molecular formula is C7H8F2O4. The van der Waals surface area contributed by atoms with Crippen LogP contribution in [0.1, 0.15) is 6.42 Å². The minimum Gasteiger partial charge on any atom is -0.478 e. The van der Waals surface area contributed by atoms with Gasteiger partial charge in [0.2, 0.25) is 0 Å². The molecule has 0 aromatic heterocycles. The van der Waals surface area contributed by atoms with Crippen molar-refractivity contribution in [1.82, 2.24) is 0 Å². The van der Waals surface area contributed by atoms with E-state index in [0.717, 1.165) is 0 Å². The number of aliphatic carboxylic acids is 1. The lowest BCUT2D eigenvalue weighted by atomic mass is 9.91. The summed E-state index contributed by atoms with van der Waals surface area (Å²) in [5.41, 5.74) is -0.581. The zero-order chi connectivity index (χ0) is 10.2. The molecule has 13 heavy (non-hydrogen) atoms. The Morgan fingerprint density at radius 2 is 2.08 bits per heavy atom. The lowest BCUT2D eigenvalue weighted by Crippen LogP contribution is -2.45. The molecule has 1 aliphatic carbocycles. The quantitative estimate of drug-likeness (QED) is 0.538. The Labute approximate surface area is 72.1 Å². The van der Waals surface area contributed by atoms with E-state index in [9.17, 15) is 13.6 Å². The van der Waals surface area contributed by atoms with Crippen LogP contribution in [0.4, 0.5) is 8.78 Å². The number of halogens is 2. The number of aliphatic hydroxyl groups excluding tert-OH is 2. The van der Waals surface area contributed by atoms with Crippen molar-refractivity contribution >= 4 is 5.97 Å². The molecule has 6 heteroatoms. The maximum Gasteiger partial charge on any atom is 0.331 e. The van der Waals surface area contributed by atoms with Crippen molar-refractivity contribution in [1.29, 1.82) is 0 Å². The maximum absolute atomic E-state index is 12.7. The van der Waals surface area contributed by atoms with Crippen LogP contribution in [0.3, 0.4) is 0 Å². The Morgan fingerprint density at radius 1 is 1.54 bits per heavy atom. The number of rotatable bonds is 1. The summed E-state index contributed by atoms with van der Waals surface area (Å²) in [6.07, 6.45) is -4.25. The SMILES string of the molecule is O=C(O)C1=CC(F)(F)[C@@H](O)[C@H](O)C1. The van der Waals surface area contributed by atoms with Gasteiger partial charge in [-0.2, -0.15) is 8.78 Å². The highest BCUT2D eigenvalue weighted by atomic mass is 19.3.